The topological polar surface area (TPSA) is 87.5 Å². The van der Waals surface area contributed by atoms with Crippen molar-refractivity contribution in [1.82, 2.24) is 10.2 Å². The van der Waals surface area contributed by atoms with Crippen LogP contribution in [0.4, 0.5) is 10.5 Å². The molecule has 2 rings (SSSR count). The number of likely N-dealkylation sites (tertiary alicyclic amines) is 1. The molecule has 0 aromatic heterocycles. The molecular weight excluding hydrogens is 280 g/mol. The molecule has 0 saturated carbocycles. The molecule has 1 saturated heterocycles. The average molecular weight is 304 g/mol. The Kier molecular flexibility index (Phi) is 5.77. The summed E-state index contributed by atoms with van der Waals surface area (Å²) >= 11 is 0. The lowest BCUT2D eigenvalue weighted by Crippen LogP contribution is -2.32. The Bertz CT molecular complexity index is 539. The highest BCUT2D eigenvalue weighted by atomic mass is 16.2. The summed E-state index contributed by atoms with van der Waals surface area (Å²) in [7, 11) is 0. The molecule has 6 nitrogen and oxygen atoms in total. The SMILES string of the molecule is Cc1cc(C(N)=O)ccc1NC(=O)NCCCN1CCCC1. The first-order valence-electron chi connectivity index (χ1n) is 7.74. The summed E-state index contributed by atoms with van der Waals surface area (Å²) in [6.45, 7) is 5.87. The number of benzene rings is 1. The van der Waals surface area contributed by atoms with Crippen molar-refractivity contribution >= 4 is 17.6 Å². The molecule has 1 aliphatic rings. The molecule has 0 aliphatic carbocycles. The lowest BCUT2D eigenvalue weighted by Gasteiger charge is -2.15. The van der Waals surface area contributed by atoms with Gasteiger partial charge in [-0.25, -0.2) is 4.79 Å². The fourth-order valence-corrected chi connectivity index (χ4v) is 2.63. The number of primary amides is 1. The predicted molar refractivity (Wildman–Crippen MR) is 87.0 cm³/mol. The zero-order valence-corrected chi connectivity index (χ0v) is 13.0. The Morgan fingerprint density at radius 3 is 2.64 bits per heavy atom. The van der Waals surface area contributed by atoms with Crippen LogP contribution in [0.5, 0.6) is 0 Å². The molecule has 0 bridgehead atoms. The minimum absolute atomic E-state index is 0.226. The molecule has 4 N–H and O–H groups in total. The summed E-state index contributed by atoms with van der Waals surface area (Å²) in [4.78, 5) is 25.4. The maximum absolute atomic E-state index is 11.9. The standard InChI is InChI=1S/C16H24N4O2/c1-12-11-13(15(17)21)5-6-14(12)19-16(22)18-7-4-10-20-8-2-3-9-20/h5-6,11H,2-4,7-10H2,1H3,(H2,17,21)(H2,18,19,22). The third kappa shape index (κ3) is 4.73. The van der Waals surface area contributed by atoms with Crippen LogP contribution in [-0.4, -0.2) is 43.0 Å². The first kappa shape index (κ1) is 16.3. The van der Waals surface area contributed by atoms with Gasteiger partial charge in [-0.05, 0) is 69.6 Å². The summed E-state index contributed by atoms with van der Waals surface area (Å²) in [5.74, 6) is -0.471. The number of aryl methyl sites for hydroxylation is 1. The summed E-state index contributed by atoms with van der Waals surface area (Å²) in [6, 6.07) is 4.75. The number of nitrogens with one attached hydrogen (secondary N) is 2. The van der Waals surface area contributed by atoms with Crippen molar-refractivity contribution in [3.8, 4) is 0 Å². The fraction of sp³-hybridized carbons (Fsp3) is 0.500. The van der Waals surface area contributed by atoms with E-state index in [9.17, 15) is 9.59 Å². The second-order valence-electron chi connectivity index (χ2n) is 5.68. The molecule has 0 unspecified atom stereocenters. The quantitative estimate of drug-likeness (QED) is 0.699. The average Bonchev–Trinajstić information content (AvgIpc) is 2.99. The van der Waals surface area contributed by atoms with Gasteiger partial charge in [-0.3, -0.25) is 4.79 Å². The van der Waals surface area contributed by atoms with Crippen LogP contribution in [0.3, 0.4) is 0 Å². The maximum Gasteiger partial charge on any atom is 0.319 e. The van der Waals surface area contributed by atoms with Crippen molar-refractivity contribution in [2.75, 3.05) is 31.5 Å². The highest BCUT2D eigenvalue weighted by molar-refractivity contribution is 5.95. The van der Waals surface area contributed by atoms with Crippen LogP contribution < -0.4 is 16.4 Å². The van der Waals surface area contributed by atoms with Crippen molar-refractivity contribution in [2.24, 2.45) is 5.73 Å². The normalized spacial score (nSPS) is 14.8. The number of rotatable bonds is 6. The van der Waals surface area contributed by atoms with Crippen LogP contribution in [-0.2, 0) is 0 Å². The number of anilines is 1. The van der Waals surface area contributed by atoms with Crippen molar-refractivity contribution in [1.29, 1.82) is 0 Å². The third-order valence-corrected chi connectivity index (χ3v) is 3.89. The Balaban J connectivity index is 1.73. The number of carbonyl (C=O) groups excluding carboxylic acids is 2. The first-order valence-corrected chi connectivity index (χ1v) is 7.74. The molecule has 22 heavy (non-hydrogen) atoms. The summed E-state index contributed by atoms with van der Waals surface area (Å²) in [6.07, 6.45) is 3.52. The van der Waals surface area contributed by atoms with E-state index in [-0.39, 0.29) is 6.03 Å². The summed E-state index contributed by atoms with van der Waals surface area (Å²) < 4.78 is 0. The third-order valence-electron chi connectivity index (χ3n) is 3.89. The first-order chi connectivity index (χ1) is 10.6. The smallest absolute Gasteiger partial charge is 0.319 e. The van der Waals surface area contributed by atoms with Crippen molar-refractivity contribution < 1.29 is 9.59 Å². The van der Waals surface area contributed by atoms with Gasteiger partial charge in [0.25, 0.3) is 0 Å². The number of amides is 3. The van der Waals surface area contributed by atoms with E-state index >= 15 is 0 Å². The second kappa shape index (κ2) is 7.79. The van der Waals surface area contributed by atoms with E-state index in [0.717, 1.165) is 18.5 Å². The van der Waals surface area contributed by atoms with Gasteiger partial charge in [-0.2, -0.15) is 0 Å². The Labute approximate surface area is 131 Å². The van der Waals surface area contributed by atoms with E-state index < -0.39 is 5.91 Å². The monoisotopic (exact) mass is 304 g/mol. The highest BCUT2D eigenvalue weighted by Gasteiger charge is 2.11. The van der Waals surface area contributed by atoms with E-state index in [1.165, 1.54) is 25.9 Å². The number of hydrogen-bond donors (Lipinski definition) is 3. The largest absolute Gasteiger partial charge is 0.366 e. The fourth-order valence-electron chi connectivity index (χ4n) is 2.63. The van der Waals surface area contributed by atoms with Crippen LogP contribution >= 0.6 is 0 Å². The van der Waals surface area contributed by atoms with Gasteiger partial charge in [0.15, 0.2) is 0 Å². The van der Waals surface area contributed by atoms with Crippen molar-refractivity contribution in [3.63, 3.8) is 0 Å². The van der Waals surface area contributed by atoms with E-state index in [0.29, 0.717) is 17.8 Å². The van der Waals surface area contributed by atoms with Crippen LogP contribution in [0.15, 0.2) is 18.2 Å². The van der Waals surface area contributed by atoms with Crippen LogP contribution in [0.2, 0.25) is 0 Å². The lowest BCUT2D eigenvalue weighted by atomic mass is 10.1. The molecule has 1 aliphatic heterocycles. The maximum atomic E-state index is 11.9. The molecule has 0 spiro atoms. The number of nitrogens with two attached hydrogens (primary N) is 1. The van der Waals surface area contributed by atoms with Gasteiger partial charge >= 0.3 is 6.03 Å². The van der Waals surface area contributed by atoms with Crippen molar-refractivity contribution in [3.05, 3.63) is 29.3 Å². The molecular formula is C16H24N4O2. The van der Waals surface area contributed by atoms with Crippen LogP contribution in [0.25, 0.3) is 0 Å². The van der Waals surface area contributed by atoms with Crippen molar-refractivity contribution in [2.45, 2.75) is 26.2 Å². The molecule has 0 atom stereocenters. The van der Waals surface area contributed by atoms with Crippen LogP contribution in [0.1, 0.15) is 35.2 Å². The second-order valence-corrected chi connectivity index (χ2v) is 5.68. The Hall–Kier alpha value is -2.08. The number of hydrogen-bond acceptors (Lipinski definition) is 3. The van der Waals surface area contributed by atoms with E-state index in [1.807, 2.05) is 6.92 Å². The zero-order valence-electron chi connectivity index (χ0n) is 13.0. The Morgan fingerprint density at radius 2 is 2.00 bits per heavy atom. The van der Waals surface area contributed by atoms with Gasteiger partial charge in [0.2, 0.25) is 5.91 Å². The molecule has 1 fully saturated rings. The molecule has 1 aromatic rings. The van der Waals surface area contributed by atoms with Gasteiger partial charge in [-0.15, -0.1) is 0 Å². The van der Waals surface area contributed by atoms with Gasteiger partial charge in [0.05, 0.1) is 0 Å². The molecule has 1 aromatic carbocycles. The molecule has 120 valence electrons. The molecule has 0 radical (unpaired) electrons. The van der Waals surface area contributed by atoms with Gasteiger partial charge in [-0.1, -0.05) is 0 Å². The number of carbonyl (C=O) groups is 2. The Morgan fingerprint density at radius 1 is 1.27 bits per heavy atom. The molecule has 6 heteroatoms. The van der Waals surface area contributed by atoms with Crippen LogP contribution in [0, 0.1) is 6.92 Å². The predicted octanol–water partition coefficient (Wildman–Crippen LogP) is 1.70. The van der Waals surface area contributed by atoms with Gasteiger partial charge in [0, 0.05) is 17.8 Å². The minimum Gasteiger partial charge on any atom is -0.366 e. The minimum atomic E-state index is -0.471. The lowest BCUT2D eigenvalue weighted by molar-refractivity contribution is 0.1000. The van der Waals surface area contributed by atoms with E-state index in [1.54, 1.807) is 18.2 Å². The van der Waals surface area contributed by atoms with Gasteiger partial charge in [0.1, 0.15) is 0 Å². The molecule has 1 heterocycles. The highest BCUT2D eigenvalue weighted by Crippen LogP contribution is 2.16. The van der Waals surface area contributed by atoms with E-state index in [4.69, 9.17) is 5.73 Å². The van der Waals surface area contributed by atoms with Gasteiger partial charge < -0.3 is 21.3 Å². The number of nitrogens with zero attached hydrogens (tertiary/aromatic N) is 1. The number of urea groups is 1. The van der Waals surface area contributed by atoms with E-state index in [2.05, 4.69) is 15.5 Å². The summed E-state index contributed by atoms with van der Waals surface area (Å²) in [5, 5.41) is 5.64. The summed E-state index contributed by atoms with van der Waals surface area (Å²) in [5.41, 5.74) is 7.15. The molecule has 3 amide bonds. The zero-order chi connectivity index (χ0) is 15.9.